The van der Waals surface area contributed by atoms with Gasteiger partial charge in [-0.1, -0.05) is 17.3 Å². The van der Waals surface area contributed by atoms with Crippen molar-refractivity contribution in [1.29, 1.82) is 0 Å². The maximum atomic E-state index is 13.4. The molecule has 0 aliphatic heterocycles. The fraction of sp³-hybridized carbons (Fsp3) is 0.217. The fourth-order valence-corrected chi connectivity index (χ4v) is 3.26. The Bertz CT molecular complexity index is 1260. The van der Waals surface area contributed by atoms with Crippen LogP contribution >= 0.6 is 0 Å². The van der Waals surface area contributed by atoms with Gasteiger partial charge in [0.05, 0.1) is 13.7 Å². The van der Waals surface area contributed by atoms with Crippen molar-refractivity contribution in [2.45, 2.75) is 20.5 Å². The molecule has 4 rings (SSSR count). The lowest BCUT2D eigenvalue weighted by Crippen LogP contribution is -2.17. The van der Waals surface area contributed by atoms with E-state index in [9.17, 15) is 4.79 Å². The first-order chi connectivity index (χ1) is 16.1. The van der Waals surface area contributed by atoms with Crippen LogP contribution in [0.15, 0.2) is 55.0 Å². The molecule has 10 nitrogen and oxygen atoms in total. The van der Waals surface area contributed by atoms with E-state index in [-0.39, 0.29) is 12.3 Å². The number of methoxy groups -OCH3 is 1. The number of hydrogen-bond donors (Lipinski definition) is 1. The van der Waals surface area contributed by atoms with E-state index < -0.39 is 5.91 Å². The zero-order valence-corrected chi connectivity index (χ0v) is 18.5. The number of hydrogen-bond acceptors (Lipinski definition) is 8. The van der Waals surface area contributed by atoms with Gasteiger partial charge in [0.15, 0.2) is 5.69 Å². The zero-order valence-electron chi connectivity index (χ0n) is 18.5. The van der Waals surface area contributed by atoms with Crippen LogP contribution in [0.3, 0.4) is 0 Å². The Morgan fingerprint density at radius 2 is 1.94 bits per heavy atom. The van der Waals surface area contributed by atoms with E-state index in [4.69, 9.17) is 9.47 Å². The Labute approximate surface area is 190 Å². The number of carbonyl (C=O) groups excluding carboxylic acids is 1. The maximum Gasteiger partial charge on any atom is 0.279 e. The first-order valence-corrected chi connectivity index (χ1v) is 10.3. The Morgan fingerprint density at radius 1 is 1.15 bits per heavy atom. The minimum Gasteiger partial charge on any atom is -0.494 e. The highest BCUT2D eigenvalue weighted by molar-refractivity contribution is 6.06. The van der Waals surface area contributed by atoms with Crippen molar-refractivity contribution in [3.8, 4) is 22.7 Å². The molecule has 0 radical (unpaired) electrons. The number of carbonyl (C=O) groups is 1. The summed E-state index contributed by atoms with van der Waals surface area (Å²) in [5.41, 5.74) is 2.66. The van der Waals surface area contributed by atoms with Gasteiger partial charge in [0.1, 0.15) is 28.8 Å². The second kappa shape index (κ2) is 9.96. The van der Waals surface area contributed by atoms with Gasteiger partial charge in [-0.3, -0.25) is 9.78 Å². The zero-order chi connectivity index (χ0) is 23.2. The molecular formula is C23H23N7O3. The summed E-state index contributed by atoms with van der Waals surface area (Å²) in [4.78, 5) is 26.0. The molecule has 0 aliphatic carbocycles. The SMILES string of the molecule is CCOCc1cnc(C)nc1NC(=O)c1nnn(-c2ccccc2OC)c1-c1ccncc1. The summed E-state index contributed by atoms with van der Waals surface area (Å²) in [5.74, 6) is 1.03. The van der Waals surface area contributed by atoms with Crippen LogP contribution in [-0.4, -0.2) is 49.6 Å². The van der Waals surface area contributed by atoms with Gasteiger partial charge in [0.25, 0.3) is 5.91 Å². The van der Waals surface area contributed by atoms with E-state index in [2.05, 4.69) is 30.6 Å². The molecule has 0 atom stereocenters. The van der Waals surface area contributed by atoms with Crippen LogP contribution < -0.4 is 10.1 Å². The molecule has 10 heteroatoms. The third-order valence-corrected chi connectivity index (χ3v) is 4.83. The minimum absolute atomic E-state index is 0.130. The summed E-state index contributed by atoms with van der Waals surface area (Å²) >= 11 is 0. The van der Waals surface area contributed by atoms with Crippen molar-refractivity contribution in [2.24, 2.45) is 0 Å². The lowest BCUT2D eigenvalue weighted by molar-refractivity contribution is 0.102. The van der Waals surface area contributed by atoms with Crippen LogP contribution in [0.4, 0.5) is 5.82 Å². The van der Waals surface area contributed by atoms with Gasteiger partial charge in [-0.15, -0.1) is 5.10 Å². The lowest BCUT2D eigenvalue weighted by atomic mass is 10.1. The standard InChI is InChI=1S/C23H23N7O3/c1-4-33-14-17-13-25-15(2)26-22(17)27-23(31)20-21(16-9-11-24-12-10-16)30(29-28-20)18-7-5-6-8-19(18)32-3/h5-13H,4,14H2,1-3H3,(H,25,26,27,31). The quantitative estimate of drug-likeness (QED) is 0.439. The maximum absolute atomic E-state index is 13.4. The highest BCUT2D eigenvalue weighted by Gasteiger charge is 2.24. The van der Waals surface area contributed by atoms with Crippen LogP contribution in [-0.2, 0) is 11.3 Å². The molecule has 33 heavy (non-hydrogen) atoms. The summed E-state index contributed by atoms with van der Waals surface area (Å²) < 4.78 is 12.6. The number of aryl methyl sites for hydroxylation is 1. The molecule has 1 amide bonds. The molecule has 0 fully saturated rings. The number of nitrogens with zero attached hydrogens (tertiary/aromatic N) is 6. The predicted octanol–water partition coefficient (Wildman–Crippen LogP) is 3.23. The molecule has 3 aromatic heterocycles. The molecule has 0 saturated carbocycles. The number of pyridine rings is 1. The molecular weight excluding hydrogens is 422 g/mol. The Kier molecular flexibility index (Phi) is 6.65. The van der Waals surface area contributed by atoms with Gasteiger partial charge >= 0.3 is 0 Å². The Hall–Kier alpha value is -4.18. The Balaban J connectivity index is 1.78. The van der Waals surface area contributed by atoms with E-state index in [0.717, 1.165) is 5.56 Å². The van der Waals surface area contributed by atoms with Crippen molar-refractivity contribution in [1.82, 2.24) is 29.9 Å². The average Bonchev–Trinajstić information content (AvgIpc) is 3.29. The van der Waals surface area contributed by atoms with E-state index >= 15 is 0 Å². The van der Waals surface area contributed by atoms with E-state index in [1.54, 1.807) is 49.4 Å². The smallest absolute Gasteiger partial charge is 0.279 e. The normalized spacial score (nSPS) is 10.8. The lowest BCUT2D eigenvalue weighted by Gasteiger charge is -2.12. The van der Waals surface area contributed by atoms with Gasteiger partial charge in [0, 0.05) is 36.3 Å². The van der Waals surface area contributed by atoms with Gasteiger partial charge in [-0.2, -0.15) is 0 Å². The third kappa shape index (κ3) is 4.70. The van der Waals surface area contributed by atoms with Crippen molar-refractivity contribution < 1.29 is 14.3 Å². The Morgan fingerprint density at radius 3 is 2.70 bits per heavy atom. The molecule has 0 unspecified atom stereocenters. The molecule has 0 spiro atoms. The number of rotatable bonds is 8. The van der Waals surface area contributed by atoms with Crippen molar-refractivity contribution in [3.63, 3.8) is 0 Å². The number of para-hydroxylation sites is 2. The van der Waals surface area contributed by atoms with Crippen molar-refractivity contribution >= 4 is 11.7 Å². The summed E-state index contributed by atoms with van der Waals surface area (Å²) in [7, 11) is 1.58. The van der Waals surface area contributed by atoms with Crippen molar-refractivity contribution in [3.05, 3.63) is 72.1 Å². The largest absolute Gasteiger partial charge is 0.494 e. The van der Waals surface area contributed by atoms with E-state index in [1.165, 1.54) is 0 Å². The molecule has 168 valence electrons. The van der Waals surface area contributed by atoms with Crippen LogP contribution in [0.2, 0.25) is 0 Å². The fourth-order valence-electron chi connectivity index (χ4n) is 3.26. The molecule has 0 bridgehead atoms. The second-order valence-corrected chi connectivity index (χ2v) is 6.99. The molecule has 3 heterocycles. The topological polar surface area (TPSA) is 117 Å². The summed E-state index contributed by atoms with van der Waals surface area (Å²) in [6.07, 6.45) is 4.93. The monoisotopic (exact) mass is 445 g/mol. The van der Waals surface area contributed by atoms with Crippen molar-refractivity contribution in [2.75, 3.05) is 19.0 Å². The van der Waals surface area contributed by atoms with Gasteiger partial charge in [0.2, 0.25) is 0 Å². The number of benzene rings is 1. The molecule has 1 aromatic carbocycles. The van der Waals surface area contributed by atoms with Crippen LogP contribution in [0.1, 0.15) is 28.8 Å². The molecule has 0 aliphatic rings. The number of amides is 1. The molecule has 1 N–H and O–H groups in total. The number of aromatic nitrogens is 6. The highest BCUT2D eigenvalue weighted by Crippen LogP contribution is 2.30. The van der Waals surface area contributed by atoms with Gasteiger partial charge in [-0.05, 0) is 38.1 Å². The summed E-state index contributed by atoms with van der Waals surface area (Å²) in [6.45, 7) is 4.45. The molecule has 0 saturated heterocycles. The van der Waals surface area contributed by atoms with E-state index in [1.807, 2.05) is 31.2 Å². The van der Waals surface area contributed by atoms with Gasteiger partial charge < -0.3 is 14.8 Å². The first-order valence-electron chi connectivity index (χ1n) is 10.3. The predicted molar refractivity (Wildman–Crippen MR) is 121 cm³/mol. The second-order valence-electron chi connectivity index (χ2n) is 6.99. The van der Waals surface area contributed by atoms with Crippen LogP contribution in [0.5, 0.6) is 5.75 Å². The highest BCUT2D eigenvalue weighted by atomic mass is 16.5. The average molecular weight is 445 g/mol. The van der Waals surface area contributed by atoms with Crippen LogP contribution in [0.25, 0.3) is 16.9 Å². The van der Waals surface area contributed by atoms with Gasteiger partial charge in [-0.25, -0.2) is 14.6 Å². The third-order valence-electron chi connectivity index (χ3n) is 4.83. The van der Waals surface area contributed by atoms with E-state index in [0.29, 0.717) is 40.9 Å². The van der Waals surface area contributed by atoms with Crippen LogP contribution in [0, 0.1) is 6.92 Å². The number of anilines is 1. The first kappa shape index (κ1) is 22.0. The minimum atomic E-state index is -0.459. The molecule has 4 aromatic rings. The number of nitrogens with one attached hydrogen (secondary N) is 1. The summed E-state index contributed by atoms with van der Waals surface area (Å²) in [6, 6.07) is 11.0. The number of ether oxygens (including phenoxy) is 2. The summed E-state index contributed by atoms with van der Waals surface area (Å²) in [5, 5.41) is 11.3.